The van der Waals surface area contributed by atoms with Crippen molar-refractivity contribution in [2.45, 2.75) is 36.2 Å². The first-order chi connectivity index (χ1) is 11.9. The van der Waals surface area contributed by atoms with Crippen molar-refractivity contribution in [2.75, 3.05) is 18.8 Å². The number of amides is 2. The Hall–Kier alpha value is -2.13. The first-order valence-corrected chi connectivity index (χ1v) is 9.17. The number of likely N-dealkylation sites (tertiary alicyclic amines) is 1. The normalized spacial score (nSPS) is 22.5. The van der Waals surface area contributed by atoms with Gasteiger partial charge in [0.25, 0.3) is 5.69 Å². The molecule has 1 aromatic rings. The Labute approximate surface area is 149 Å². The molecule has 3 rings (SSSR count). The molecular formula is C16H20N4O4S. The van der Waals surface area contributed by atoms with Crippen LogP contribution in [0.2, 0.25) is 0 Å². The van der Waals surface area contributed by atoms with E-state index < -0.39 is 10.8 Å². The van der Waals surface area contributed by atoms with Crippen LogP contribution in [0.5, 0.6) is 0 Å². The lowest BCUT2D eigenvalue weighted by atomic mass is 10.1. The fraction of sp³-hybridized carbons (Fsp3) is 0.500. The lowest BCUT2D eigenvalue weighted by molar-refractivity contribution is -0.387. The molecule has 8 nitrogen and oxygen atoms in total. The zero-order valence-electron chi connectivity index (χ0n) is 13.6. The molecule has 2 atom stereocenters. The second-order valence-corrected chi connectivity index (χ2v) is 7.38. The van der Waals surface area contributed by atoms with Gasteiger partial charge in [-0.1, -0.05) is 0 Å². The highest BCUT2D eigenvalue weighted by atomic mass is 32.2. The molecule has 0 aromatic heterocycles. The first-order valence-electron chi connectivity index (χ1n) is 8.19. The predicted octanol–water partition coefficient (Wildman–Crippen LogP) is 1.14. The number of thioether (sulfide) groups is 1. The van der Waals surface area contributed by atoms with Crippen molar-refractivity contribution in [3.63, 3.8) is 0 Å². The molecule has 9 heteroatoms. The minimum Gasteiger partial charge on any atom is -0.366 e. The number of nitrogens with one attached hydrogen (secondary N) is 1. The lowest BCUT2D eigenvalue weighted by Gasteiger charge is -2.24. The molecule has 2 unspecified atom stereocenters. The van der Waals surface area contributed by atoms with E-state index in [0.29, 0.717) is 23.5 Å². The highest BCUT2D eigenvalue weighted by Gasteiger charge is 2.31. The van der Waals surface area contributed by atoms with E-state index in [0.717, 1.165) is 37.2 Å². The summed E-state index contributed by atoms with van der Waals surface area (Å²) in [5.41, 5.74) is 5.04. The second kappa shape index (κ2) is 7.40. The van der Waals surface area contributed by atoms with Crippen LogP contribution in [0.25, 0.3) is 0 Å². The van der Waals surface area contributed by atoms with Crippen LogP contribution in [-0.4, -0.2) is 52.6 Å². The van der Waals surface area contributed by atoms with E-state index in [-0.39, 0.29) is 22.9 Å². The van der Waals surface area contributed by atoms with Crippen LogP contribution in [0.3, 0.4) is 0 Å². The van der Waals surface area contributed by atoms with Crippen molar-refractivity contribution in [1.82, 2.24) is 10.2 Å². The van der Waals surface area contributed by atoms with Gasteiger partial charge in [0.2, 0.25) is 11.8 Å². The Bertz CT molecular complexity index is 711. The highest BCUT2D eigenvalue weighted by Crippen LogP contribution is 2.30. The van der Waals surface area contributed by atoms with Gasteiger partial charge in [-0.05, 0) is 31.4 Å². The summed E-state index contributed by atoms with van der Waals surface area (Å²) >= 11 is 1.12. The molecule has 134 valence electrons. The van der Waals surface area contributed by atoms with Crippen LogP contribution in [0, 0.1) is 10.1 Å². The third-order valence-corrected chi connectivity index (χ3v) is 5.71. The van der Waals surface area contributed by atoms with E-state index in [4.69, 9.17) is 5.73 Å². The van der Waals surface area contributed by atoms with Gasteiger partial charge in [-0.3, -0.25) is 19.7 Å². The van der Waals surface area contributed by atoms with Gasteiger partial charge in [-0.15, -0.1) is 11.8 Å². The molecule has 2 amide bonds. The molecule has 0 radical (unpaired) electrons. The topological polar surface area (TPSA) is 119 Å². The third kappa shape index (κ3) is 4.10. The number of benzene rings is 1. The average molecular weight is 364 g/mol. The maximum Gasteiger partial charge on any atom is 0.283 e. The SMILES string of the molecule is NC(=O)c1ccc(SCC(=O)N2CCC3CCC(C2)N3)c([N+](=O)[O-])c1. The molecular weight excluding hydrogens is 344 g/mol. The summed E-state index contributed by atoms with van der Waals surface area (Å²) in [6.45, 7) is 1.41. The largest absolute Gasteiger partial charge is 0.366 e. The van der Waals surface area contributed by atoms with Crippen LogP contribution < -0.4 is 11.1 Å². The summed E-state index contributed by atoms with van der Waals surface area (Å²) in [6.07, 6.45) is 3.20. The highest BCUT2D eigenvalue weighted by molar-refractivity contribution is 8.00. The number of fused-ring (bicyclic) bond motifs is 2. The summed E-state index contributed by atoms with van der Waals surface area (Å²) in [6, 6.07) is 4.92. The second-order valence-electron chi connectivity index (χ2n) is 6.36. The molecule has 1 aromatic carbocycles. The molecule has 2 bridgehead atoms. The third-order valence-electron chi connectivity index (χ3n) is 4.67. The van der Waals surface area contributed by atoms with Gasteiger partial charge in [0.05, 0.1) is 15.6 Å². The number of hydrogen-bond donors (Lipinski definition) is 2. The Kier molecular flexibility index (Phi) is 5.24. The zero-order valence-corrected chi connectivity index (χ0v) is 14.5. The number of carbonyl (C=O) groups is 2. The molecule has 3 N–H and O–H groups in total. The Morgan fingerprint density at radius 3 is 2.80 bits per heavy atom. The van der Waals surface area contributed by atoms with Gasteiger partial charge in [-0.2, -0.15) is 0 Å². The summed E-state index contributed by atoms with van der Waals surface area (Å²) in [5, 5.41) is 14.7. The monoisotopic (exact) mass is 364 g/mol. The van der Waals surface area contributed by atoms with Gasteiger partial charge in [0, 0.05) is 36.8 Å². The maximum absolute atomic E-state index is 12.5. The number of nitro benzene ring substituents is 1. The molecule has 2 heterocycles. The average Bonchev–Trinajstić information content (AvgIpc) is 2.91. The summed E-state index contributed by atoms with van der Waals surface area (Å²) in [4.78, 5) is 36.5. The van der Waals surface area contributed by atoms with E-state index in [1.807, 2.05) is 4.90 Å². The van der Waals surface area contributed by atoms with E-state index in [1.54, 1.807) is 0 Å². The molecule has 2 saturated heterocycles. The Morgan fingerprint density at radius 1 is 1.32 bits per heavy atom. The molecule has 2 aliphatic rings. The van der Waals surface area contributed by atoms with Crippen molar-refractivity contribution in [2.24, 2.45) is 5.73 Å². The first kappa shape index (κ1) is 17.7. The van der Waals surface area contributed by atoms with Crippen molar-refractivity contribution in [3.8, 4) is 0 Å². The summed E-state index contributed by atoms with van der Waals surface area (Å²) in [5.74, 6) is -0.607. The van der Waals surface area contributed by atoms with Crippen molar-refractivity contribution < 1.29 is 14.5 Å². The number of carbonyl (C=O) groups excluding carboxylic acids is 2. The maximum atomic E-state index is 12.5. The Morgan fingerprint density at radius 2 is 2.08 bits per heavy atom. The smallest absolute Gasteiger partial charge is 0.283 e. The van der Waals surface area contributed by atoms with E-state index in [1.165, 1.54) is 18.6 Å². The van der Waals surface area contributed by atoms with Crippen molar-refractivity contribution in [1.29, 1.82) is 0 Å². The van der Waals surface area contributed by atoms with Crippen LogP contribution in [0.15, 0.2) is 23.1 Å². The summed E-state index contributed by atoms with van der Waals surface area (Å²) in [7, 11) is 0. The van der Waals surface area contributed by atoms with Crippen LogP contribution >= 0.6 is 11.8 Å². The number of nitrogens with zero attached hydrogens (tertiary/aromatic N) is 2. The van der Waals surface area contributed by atoms with Gasteiger partial charge in [-0.25, -0.2) is 0 Å². The molecule has 2 aliphatic heterocycles. The fourth-order valence-electron chi connectivity index (χ4n) is 3.34. The molecule has 2 fully saturated rings. The number of hydrogen-bond acceptors (Lipinski definition) is 6. The summed E-state index contributed by atoms with van der Waals surface area (Å²) < 4.78 is 0. The lowest BCUT2D eigenvalue weighted by Crippen LogP contribution is -2.39. The van der Waals surface area contributed by atoms with Gasteiger partial charge in [0.1, 0.15) is 0 Å². The minimum atomic E-state index is -0.720. The number of nitrogens with two attached hydrogens (primary N) is 1. The zero-order chi connectivity index (χ0) is 18.0. The standard InChI is InChI=1S/C16H20N4O4S/c17-16(22)10-1-4-14(13(7-10)20(23)24)25-9-15(21)19-6-5-11-2-3-12(8-19)18-11/h1,4,7,11-12,18H,2-3,5-6,8-9H2,(H2,17,22). The van der Waals surface area contributed by atoms with Gasteiger partial charge < -0.3 is 16.0 Å². The van der Waals surface area contributed by atoms with Crippen LogP contribution in [0.1, 0.15) is 29.6 Å². The number of primary amides is 1. The Balaban J connectivity index is 1.65. The van der Waals surface area contributed by atoms with Gasteiger partial charge >= 0.3 is 0 Å². The predicted molar refractivity (Wildman–Crippen MR) is 93.5 cm³/mol. The van der Waals surface area contributed by atoms with Gasteiger partial charge in [0.15, 0.2) is 0 Å². The molecule has 0 saturated carbocycles. The van der Waals surface area contributed by atoms with E-state index in [9.17, 15) is 19.7 Å². The number of nitro groups is 1. The number of rotatable bonds is 5. The quantitative estimate of drug-likeness (QED) is 0.459. The molecule has 0 spiro atoms. The van der Waals surface area contributed by atoms with Crippen molar-refractivity contribution >= 4 is 29.3 Å². The van der Waals surface area contributed by atoms with Crippen LogP contribution in [0.4, 0.5) is 5.69 Å². The minimum absolute atomic E-state index is 0.0207. The molecule has 0 aliphatic carbocycles. The van der Waals surface area contributed by atoms with E-state index in [2.05, 4.69) is 5.32 Å². The molecule has 25 heavy (non-hydrogen) atoms. The van der Waals surface area contributed by atoms with E-state index >= 15 is 0 Å². The fourth-order valence-corrected chi connectivity index (χ4v) is 4.24. The van der Waals surface area contributed by atoms with Crippen LogP contribution in [-0.2, 0) is 4.79 Å². The van der Waals surface area contributed by atoms with Crippen molar-refractivity contribution in [3.05, 3.63) is 33.9 Å².